The number of likely N-dealkylation sites (tertiary alicyclic amines) is 1. The van der Waals surface area contributed by atoms with Crippen LogP contribution in [-0.4, -0.2) is 36.4 Å². The van der Waals surface area contributed by atoms with Gasteiger partial charge in [0.05, 0.1) is 11.4 Å². The lowest BCUT2D eigenvalue weighted by Crippen LogP contribution is -2.43. The van der Waals surface area contributed by atoms with Gasteiger partial charge in [-0.05, 0) is 37.1 Å². The lowest BCUT2D eigenvalue weighted by molar-refractivity contribution is -0.136. The maximum atomic E-state index is 12.4. The molecule has 6 nitrogen and oxygen atoms in total. The van der Waals surface area contributed by atoms with Crippen molar-refractivity contribution in [3.8, 4) is 5.75 Å². The first-order valence-corrected chi connectivity index (χ1v) is 8.74. The molecular formula is C20H24ClN3O3. The van der Waals surface area contributed by atoms with Gasteiger partial charge in [0, 0.05) is 19.0 Å². The van der Waals surface area contributed by atoms with Crippen LogP contribution in [0.3, 0.4) is 0 Å². The molecule has 144 valence electrons. The van der Waals surface area contributed by atoms with E-state index in [1.54, 1.807) is 17.0 Å². The maximum absolute atomic E-state index is 12.4. The van der Waals surface area contributed by atoms with Gasteiger partial charge in [-0.25, -0.2) is 0 Å². The molecule has 1 fully saturated rings. The summed E-state index contributed by atoms with van der Waals surface area (Å²) in [7, 11) is 0. The zero-order valence-corrected chi connectivity index (χ0v) is 15.8. The number of anilines is 2. The van der Waals surface area contributed by atoms with Gasteiger partial charge in [-0.15, -0.1) is 12.4 Å². The number of ether oxygens (including phenoxy) is 1. The number of benzene rings is 2. The smallest absolute Gasteiger partial charge is 0.260 e. The Bertz CT molecular complexity index is 762. The summed E-state index contributed by atoms with van der Waals surface area (Å²) in [6.07, 6.45) is 1.27. The zero-order chi connectivity index (χ0) is 18.4. The second-order valence-corrected chi connectivity index (χ2v) is 6.33. The zero-order valence-electron chi connectivity index (χ0n) is 15.0. The summed E-state index contributed by atoms with van der Waals surface area (Å²) in [5.74, 6) is 0.458. The van der Waals surface area contributed by atoms with Crippen LogP contribution >= 0.6 is 12.4 Å². The van der Waals surface area contributed by atoms with Crippen molar-refractivity contribution in [3.63, 3.8) is 0 Å². The van der Waals surface area contributed by atoms with Gasteiger partial charge in [-0.3, -0.25) is 9.59 Å². The molecule has 0 saturated carbocycles. The van der Waals surface area contributed by atoms with Crippen molar-refractivity contribution in [2.45, 2.75) is 12.8 Å². The van der Waals surface area contributed by atoms with Crippen LogP contribution in [0.2, 0.25) is 0 Å². The van der Waals surface area contributed by atoms with Crippen LogP contribution in [0.15, 0.2) is 54.6 Å². The highest BCUT2D eigenvalue weighted by Gasteiger charge is 2.27. The topological polar surface area (TPSA) is 84.7 Å². The first kappa shape index (κ1) is 20.6. The van der Waals surface area contributed by atoms with Crippen molar-refractivity contribution in [1.82, 2.24) is 4.90 Å². The number of hydrogen-bond acceptors (Lipinski definition) is 4. The summed E-state index contributed by atoms with van der Waals surface area (Å²) in [6, 6.07) is 16.5. The van der Waals surface area contributed by atoms with Crippen LogP contribution in [0.25, 0.3) is 0 Å². The lowest BCUT2D eigenvalue weighted by Gasteiger charge is -2.31. The average Bonchev–Trinajstić information content (AvgIpc) is 2.69. The van der Waals surface area contributed by atoms with E-state index in [0.717, 1.165) is 0 Å². The highest BCUT2D eigenvalue weighted by atomic mass is 35.5. The van der Waals surface area contributed by atoms with Gasteiger partial charge in [0.15, 0.2) is 6.61 Å². The van der Waals surface area contributed by atoms with Gasteiger partial charge < -0.3 is 20.7 Å². The molecule has 2 amide bonds. The van der Waals surface area contributed by atoms with E-state index >= 15 is 0 Å². The van der Waals surface area contributed by atoms with E-state index in [9.17, 15) is 9.59 Å². The Morgan fingerprint density at radius 3 is 2.33 bits per heavy atom. The predicted molar refractivity (Wildman–Crippen MR) is 108 cm³/mol. The summed E-state index contributed by atoms with van der Waals surface area (Å²) in [6.45, 7) is 1.13. The Kier molecular flexibility index (Phi) is 7.49. The van der Waals surface area contributed by atoms with Crippen LogP contribution in [0, 0.1) is 5.92 Å². The minimum atomic E-state index is -0.117. The number of halogens is 1. The maximum Gasteiger partial charge on any atom is 0.260 e. The van der Waals surface area contributed by atoms with Crippen LogP contribution in [0.4, 0.5) is 11.4 Å². The summed E-state index contributed by atoms with van der Waals surface area (Å²) in [4.78, 5) is 26.4. The number of hydrogen-bond donors (Lipinski definition) is 2. The molecule has 27 heavy (non-hydrogen) atoms. The fraction of sp³-hybridized carbons (Fsp3) is 0.300. The second-order valence-electron chi connectivity index (χ2n) is 6.33. The van der Waals surface area contributed by atoms with Gasteiger partial charge in [0.2, 0.25) is 5.91 Å². The van der Waals surface area contributed by atoms with Gasteiger partial charge in [-0.2, -0.15) is 0 Å². The molecule has 0 atom stereocenters. The van der Waals surface area contributed by atoms with Crippen molar-refractivity contribution < 1.29 is 14.3 Å². The molecule has 3 N–H and O–H groups in total. The number of piperidine rings is 1. The van der Waals surface area contributed by atoms with Gasteiger partial charge in [-0.1, -0.05) is 30.3 Å². The quantitative estimate of drug-likeness (QED) is 0.770. The summed E-state index contributed by atoms with van der Waals surface area (Å²) in [5, 5.41) is 2.88. The van der Waals surface area contributed by atoms with Crippen LogP contribution in [-0.2, 0) is 9.59 Å². The molecule has 0 bridgehead atoms. The van der Waals surface area contributed by atoms with Crippen molar-refractivity contribution in [2.24, 2.45) is 5.92 Å². The van der Waals surface area contributed by atoms with Crippen molar-refractivity contribution in [3.05, 3.63) is 54.6 Å². The summed E-state index contributed by atoms with van der Waals surface area (Å²) in [5.41, 5.74) is 7.04. The highest BCUT2D eigenvalue weighted by Crippen LogP contribution is 2.22. The largest absolute Gasteiger partial charge is 0.484 e. The SMILES string of the molecule is Cl.Nc1ccccc1NC(=O)C1CCN(C(=O)COc2ccccc2)CC1. The minimum Gasteiger partial charge on any atom is -0.484 e. The molecule has 0 spiro atoms. The third kappa shape index (κ3) is 5.62. The normalized spacial score (nSPS) is 14.1. The molecule has 0 unspecified atom stereocenters. The van der Waals surface area contributed by atoms with E-state index in [-0.39, 0.29) is 36.7 Å². The molecule has 0 aromatic heterocycles. The molecule has 0 radical (unpaired) electrons. The van der Waals surface area contributed by atoms with Crippen LogP contribution in [0.5, 0.6) is 5.75 Å². The first-order valence-electron chi connectivity index (χ1n) is 8.74. The number of carbonyl (C=O) groups excluding carboxylic acids is 2. The van der Waals surface area contributed by atoms with Crippen LogP contribution in [0.1, 0.15) is 12.8 Å². The third-order valence-electron chi connectivity index (χ3n) is 4.54. The number of carbonyl (C=O) groups is 2. The average molecular weight is 390 g/mol. The molecule has 0 aliphatic carbocycles. The minimum absolute atomic E-state index is 0. The Hall–Kier alpha value is -2.73. The van der Waals surface area contributed by atoms with Gasteiger partial charge in [0.1, 0.15) is 5.75 Å². The fourth-order valence-electron chi connectivity index (χ4n) is 2.99. The highest BCUT2D eigenvalue weighted by molar-refractivity contribution is 5.95. The number of nitrogens with two attached hydrogens (primary N) is 1. The molecule has 1 aliphatic rings. The Balaban J connectivity index is 0.00000261. The number of nitrogens with one attached hydrogen (secondary N) is 1. The van der Waals surface area contributed by atoms with Gasteiger partial charge in [0.25, 0.3) is 5.91 Å². The third-order valence-corrected chi connectivity index (χ3v) is 4.54. The molecule has 3 rings (SSSR count). The van der Waals surface area contributed by atoms with E-state index in [4.69, 9.17) is 10.5 Å². The molecule has 1 aliphatic heterocycles. The Morgan fingerprint density at radius 1 is 1.04 bits per heavy atom. The molecule has 7 heteroatoms. The monoisotopic (exact) mass is 389 g/mol. The van der Waals surface area contributed by atoms with E-state index in [0.29, 0.717) is 43.1 Å². The van der Waals surface area contributed by atoms with Crippen LogP contribution < -0.4 is 15.8 Å². The summed E-state index contributed by atoms with van der Waals surface area (Å²) >= 11 is 0. The standard InChI is InChI=1S/C20H23N3O3.ClH/c21-17-8-4-5-9-18(17)22-20(25)15-10-12-23(13-11-15)19(24)14-26-16-6-2-1-3-7-16;/h1-9,15H,10-14,21H2,(H,22,25);1H. The Morgan fingerprint density at radius 2 is 1.67 bits per heavy atom. The lowest BCUT2D eigenvalue weighted by atomic mass is 9.95. The molecular weight excluding hydrogens is 366 g/mol. The van der Waals surface area contributed by atoms with E-state index in [1.165, 1.54) is 0 Å². The molecule has 1 heterocycles. The van der Waals surface area contributed by atoms with Gasteiger partial charge >= 0.3 is 0 Å². The molecule has 2 aromatic rings. The second kappa shape index (κ2) is 9.83. The predicted octanol–water partition coefficient (Wildman–Crippen LogP) is 2.95. The van der Waals surface area contributed by atoms with Crippen molar-refractivity contribution in [2.75, 3.05) is 30.7 Å². The van der Waals surface area contributed by atoms with E-state index in [2.05, 4.69) is 5.32 Å². The Labute approximate surface area is 165 Å². The van der Waals surface area contributed by atoms with Crippen molar-refractivity contribution >= 4 is 35.6 Å². The number of amides is 2. The molecule has 2 aromatic carbocycles. The summed E-state index contributed by atoms with van der Waals surface area (Å²) < 4.78 is 5.50. The molecule has 1 saturated heterocycles. The van der Waals surface area contributed by atoms with Crippen molar-refractivity contribution in [1.29, 1.82) is 0 Å². The number of para-hydroxylation sites is 3. The fourth-order valence-corrected chi connectivity index (χ4v) is 2.99. The number of nitrogens with zero attached hydrogens (tertiary/aromatic N) is 1. The first-order chi connectivity index (χ1) is 12.6. The number of rotatable bonds is 5. The number of nitrogen functional groups attached to an aromatic ring is 1. The van der Waals surface area contributed by atoms with E-state index < -0.39 is 0 Å². The van der Waals surface area contributed by atoms with E-state index in [1.807, 2.05) is 42.5 Å².